The first-order valence-corrected chi connectivity index (χ1v) is 8.12. The van der Waals surface area contributed by atoms with Crippen molar-refractivity contribution in [2.45, 2.75) is 63.7 Å². The molecular weight excluding hydrogens is 252 g/mol. The molecule has 0 heterocycles. The van der Waals surface area contributed by atoms with Crippen LogP contribution in [-0.2, 0) is 0 Å². The third-order valence-electron chi connectivity index (χ3n) is 3.37. The van der Waals surface area contributed by atoms with Crippen molar-refractivity contribution in [2.75, 3.05) is 0 Å². The van der Waals surface area contributed by atoms with Gasteiger partial charge in [-0.05, 0) is 31.2 Å². The second kappa shape index (κ2) is 11.1. The first kappa shape index (κ1) is 16.3. The van der Waals surface area contributed by atoms with Crippen molar-refractivity contribution in [3.05, 3.63) is 42.0 Å². The van der Waals surface area contributed by atoms with Gasteiger partial charge in [0.25, 0.3) is 0 Å². The molecule has 0 amide bonds. The molecule has 106 valence electrons. The van der Waals surface area contributed by atoms with Crippen molar-refractivity contribution in [1.29, 1.82) is 0 Å². The monoisotopic (exact) mass is 278 g/mol. The van der Waals surface area contributed by atoms with Crippen LogP contribution in [0.5, 0.6) is 0 Å². The molecule has 0 aliphatic heterocycles. The Bertz CT molecular complexity index is 329. The van der Waals surface area contributed by atoms with E-state index in [1.165, 1.54) is 44.1 Å². The van der Waals surface area contributed by atoms with E-state index in [2.05, 4.69) is 43.3 Å². The maximum Gasteiger partial charge on any atom is 0.0336 e. The highest BCUT2D eigenvalue weighted by Crippen LogP contribution is 2.16. The number of rotatable bonds is 10. The number of halogens is 1. The summed E-state index contributed by atoms with van der Waals surface area (Å²) >= 11 is 6.33. The normalized spacial score (nSPS) is 12.9. The zero-order valence-corrected chi connectivity index (χ0v) is 12.9. The highest BCUT2D eigenvalue weighted by Gasteiger charge is 2.02. The average molecular weight is 279 g/mol. The summed E-state index contributed by atoms with van der Waals surface area (Å²) in [5, 5.41) is 0.377. The predicted octanol–water partition coefficient (Wildman–Crippen LogP) is 6.45. The first-order chi connectivity index (χ1) is 9.33. The van der Waals surface area contributed by atoms with Gasteiger partial charge in [0.2, 0.25) is 0 Å². The Morgan fingerprint density at radius 2 is 1.74 bits per heavy atom. The maximum absolute atomic E-state index is 6.33. The van der Waals surface area contributed by atoms with E-state index in [0.717, 1.165) is 12.8 Å². The molecule has 0 aromatic heterocycles. The van der Waals surface area contributed by atoms with E-state index in [-0.39, 0.29) is 0 Å². The molecule has 0 radical (unpaired) electrons. The Morgan fingerprint density at radius 1 is 1.00 bits per heavy atom. The molecule has 0 saturated carbocycles. The summed E-state index contributed by atoms with van der Waals surface area (Å²) in [6.07, 6.45) is 14.4. The highest BCUT2D eigenvalue weighted by atomic mass is 35.5. The number of unbranched alkanes of at least 4 members (excludes halogenated alkanes) is 4. The molecule has 1 aromatic rings. The fraction of sp³-hybridized carbons (Fsp3) is 0.556. The van der Waals surface area contributed by atoms with Crippen molar-refractivity contribution in [2.24, 2.45) is 0 Å². The molecule has 0 bridgehead atoms. The largest absolute Gasteiger partial charge is 0.123 e. The van der Waals surface area contributed by atoms with Gasteiger partial charge < -0.3 is 0 Å². The van der Waals surface area contributed by atoms with Gasteiger partial charge >= 0.3 is 0 Å². The molecule has 0 fully saturated rings. The number of hydrogen-bond acceptors (Lipinski definition) is 0. The third-order valence-corrected chi connectivity index (χ3v) is 3.81. The van der Waals surface area contributed by atoms with Crippen LogP contribution in [-0.4, -0.2) is 5.38 Å². The minimum atomic E-state index is 0.377. The smallest absolute Gasteiger partial charge is 0.0336 e. The van der Waals surface area contributed by atoms with Gasteiger partial charge in [-0.3, -0.25) is 0 Å². The molecule has 0 spiro atoms. The zero-order valence-electron chi connectivity index (χ0n) is 12.2. The van der Waals surface area contributed by atoms with E-state index >= 15 is 0 Å². The standard InChI is InChI=1S/C18H27Cl/c1-2-3-4-10-15-18(19)16-11-6-9-14-17-12-7-5-8-13-17/h5,7-9,12-14,18H,2-4,6,10-11,15-16H2,1H3. The van der Waals surface area contributed by atoms with Crippen molar-refractivity contribution in [3.8, 4) is 0 Å². The van der Waals surface area contributed by atoms with Crippen LogP contribution in [0.3, 0.4) is 0 Å². The van der Waals surface area contributed by atoms with Crippen LogP contribution in [0.1, 0.15) is 63.9 Å². The van der Waals surface area contributed by atoms with E-state index in [4.69, 9.17) is 11.6 Å². The summed E-state index contributed by atoms with van der Waals surface area (Å²) in [4.78, 5) is 0. The van der Waals surface area contributed by atoms with Crippen LogP contribution in [0.25, 0.3) is 6.08 Å². The molecule has 0 aliphatic carbocycles. The molecule has 19 heavy (non-hydrogen) atoms. The summed E-state index contributed by atoms with van der Waals surface area (Å²) in [5.74, 6) is 0. The lowest BCUT2D eigenvalue weighted by Gasteiger charge is -2.07. The van der Waals surface area contributed by atoms with E-state index in [0.29, 0.717) is 5.38 Å². The average Bonchev–Trinajstić information content (AvgIpc) is 2.44. The molecular formula is C18H27Cl. The van der Waals surface area contributed by atoms with Crippen LogP contribution < -0.4 is 0 Å². The van der Waals surface area contributed by atoms with Gasteiger partial charge in [0.15, 0.2) is 0 Å². The van der Waals surface area contributed by atoms with Crippen LogP contribution in [0.4, 0.5) is 0 Å². The lowest BCUT2D eigenvalue weighted by atomic mass is 10.1. The van der Waals surface area contributed by atoms with Crippen molar-refractivity contribution in [3.63, 3.8) is 0 Å². The van der Waals surface area contributed by atoms with E-state index < -0.39 is 0 Å². The van der Waals surface area contributed by atoms with Crippen LogP contribution >= 0.6 is 11.6 Å². The maximum atomic E-state index is 6.33. The van der Waals surface area contributed by atoms with Crippen molar-refractivity contribution >= 4 is 17.7 Å². The Labute approximate surface area is 123 Å². The molecule has 0 aliphatic rings. The van der Waals surface area contributed by atoms with E-state index in [1.54, 1.807) is 0 Å². The Kier molecular flexibility index (Phi) is 9.53. The molecule has 1 atom stereocenters. The van der Waals surface area contributed by atoms with E-state index in [9.17, 15) is 0 Å². The highest BCUT2D eigenvalue weighted by molar-refractivity contribution is 6.20. The SMILES string of the molecule is CCCCCCC(Cl)CCCC=Cc1ccccc1. The summed E-state index contributed by atoms with van der Waals surface area (Å²) in [6, 6.07) is 10.5. The van der Waals surface area contributed by atoms with Gasteiger partial charge in [-0.15, -0.1) is 11.6 Å². The molecule has 1 rings (SSSR count). The quantitative estimate of drug-likeness (QED) is 0.341. The summed E-state index contributed by atoms with van der Waals surface area (Å²) in [7, 11) is 0. The molecule has 0 saturated heterocycles. The van der Waals surface area contributed by atoms with Crippen molar-refractivity contribution in [1.82, 2.24) is 0 Å². The van der Waals surface area contributed by atoms with Crippen LogP contribution in [0, 0.1) is 0 Å². The van der Waals surface area contributed by atoms with Crippen molar-refractivity contribution < 1.29 is 0 Å². The fourth-order valence-corrected chi connectivity index (χ4v) is 2.49. The molecule has 0 nitrogen and oxygen atoms in total. The number of benzene rings is 1. The molecule has 1 aromatic carbocycles. The minimum Gasteiger partial charge on any atom is -0.123 e. The Hall–Kier alpha value is -0.750. The lowest BCUT2D eigenvalue weighted by molar-refractivity contribution is 0.583. The third kappa shape index (κ3) is 8.88. The van der Waals surface area contributed by atoms with Crippen LogP contribution in [0.15, 0.2) is 36.4 Å². The lowest BCUT2D eigenvalue weighted by Crippen LogP contribution is -1.97. The van der Waals surface area contributed by atoms with Gasteiger partial charge in [0, 0.05) is 5.38 Å². The van der Waals surface area contributed by atoms with Gasteiger partial charge in [-0.1, -0.05) is 75.1 Å². The first-order valence-electron chi connectivity index (χ1n) is 7.68. The minimum absolute atomic E-state index is 0.377. The van der Waals surface area contributed by atoms with Gasteiger partial charge in [0.05, 0.1) is 0 Å². The number of alkyl halides is 1. The molecule has 0 N–H and O–H groups in total. The topological polar surface area (TPSA) is 0 Å². The number of allylic oxidation sites excluding steroid dienone is 1. The molecule has 1 unspecified atom stereocenters. The molecule has 1 heteroatoms. The summed E-state index contributed by atoms with van der Waals surface area (Å²) in [6.45, 7) is 2.25. The van der Waals surface area contributed by atoms with Gasteiger partial charge in [-0.2, -0.15) is 0 Å². The van der Waals surface area contributed by atoms with Crippen LogP contribution in [0.2, 0.25) is 0 Å². The van der Waals surface area contributed by atoms with Gasteiger partial charge in [-0.25, -0.2) is 0 Å². The number of hydrogen-bond donors (Lipinski definition) is 0. The summed E-state index contributed by atoms with van der Waals surface area (Å²) < 4.78 is 0. The summed E-state index contributed by atoms with van der Waals surface area (Å²) in [5.41, 5.74) is 1.28. The second-order valence-electron chi connectivity index (χ2n) is 5.19. The predicted molar refractivity (Wildman–Crippen MR) is 87.7 cm³/mol. The fourth-order valence-electron chi connectivity index (χ4n) is 2.18. The van der Waals surface area contributed by atoms with Gasteiger partial charge in [0.1, 0.15) is 0 Å². The second-order valence-corrected chi connectivity index (χ2v) is 5.81. The zero-order chi connectivity index (χ0) is 13.8. The van der Waals surface area contributed by atoms with E-state index in [1.807, 2.05) is 6.07 Å². The Balaban J connectivity index is 2.02. The Morgan fingerprint density at radius 3 is 2.47 bits per heavy atom.